The highest BCUT2D eigenvalue weighted by atomic mass is 35.5. The quantitative estimate of drug-likeness (QED) is 0.910. The van der Waals surface area contributed by atoms with Crippen molar-refractivity contribution in [1.29, 1.82) is 0 Å². The van der Waals surface area contributed by atoms with Gasteiger partial charge in [0.2, 0.25) is 0 Å². The van der Waals surface area contributed by atoms with Crippen molar-refractivity contribution in [2.45, 2.75) is 20.3 Å². The summed E-state index contributed by atoms with van der Waals surface area (Å²) in [6, 6.07) is 5.62. The van der Waals surface area contributed by atoms with Gasteiger partial charge < -0.3 is 0 Å². The van der Waals surface area contributed by atoms with Crippen molar-refractivity contribution >= 4 is 17.4 Å². The maximum absolute atomic E-state index is 11.0. The van der Waals surface area contributed by atoms with Gasteiger partial charge in [-0.05, 0) is 37.6 Å². The third-order valence-electron chi connectivity index (χ3n) is 2.25. The number of carbonyl (C=O) groups is 1. The second kappa shape index (κ2) is 4.67. The molecule has 0 aliphatic carbocycles. The van der Waals surface area contributed by atoms with Crippen molar-refractivity contribution in [3.63, 3.8) is 0 Å². The number of hydrogen-bond acceptors (Lipinski definition) is 3. The van der Waals surface area contributed by atoms with Crippen LogP contribution in [0.4, 0.5) is 0 Å². The third-order valence-corrected chi connectivity index (χ3v) is 2.47. The van der Waals surface area contributed by atoms with Crippen LogP contribution in [0.25, 0.3) is 11.4 Å². The van der Waals surface area contributed by atoms with E-state index in [1.807, 2.05) is 19.1 Å². The molecule has 1 aromatic carbocycles. The number of H-pyrrole nitrogens is 1. The highest BCUT2D eigenvalue weighted by Crippen LogP contribution is 2.21. The second-order valence-electron chi connectivity index (χ2n) is 4.00. The molecular formula is C12H12ClN3O. The number of rotatable bonds is 3. The molecule has 17 heavy (non-hydrogen) atoms. The smallest absolute Gasteiger partial charge is 0.181 e. The fourth-order valence-corrected chi connectivity index (χ4v) is 1.89. The number of aromatic amines is 1. The molecule has 4 nitrogen and oxygen atoms in total. The SMILES string of the molecule is CC(=O)Cc1nc(-c2cc(C)cc(Cl)c2)n[nH]1. The van der Waals surface area contributed by atoms with Crippen molar-refractivity contribution in [2.24, 2.45) is 0 Å². The number of hydrogen-bond donors (Lipinski definition) is 1. The topological polar surface area (TPSA) is 58.6 Å². The van der Waals surface area contributed by atoms with E-state index >= 15 is 0 Å². The Bertz CT molecular complexity index is 542. The highest BCUT2D eigenvalue weighted by Gasteiger charge is 2.08. The molecule has 0 atom stereocenters. The Morgan fingerprint density at radius 3 is 2.82 bits per heavy atom. The molecule has 0 aliphatic heterocycles. The van der Waals surface area contributed by atoms with Gasteiger partial charge in [-0.3, -0.25) is 9.89 Å². The molecule has 1 N–H and O–H groups in total. The molecule has 5 heteroatoms. The van der Waals surface area contributed by atoms with E-state index in [4.69, 9.17) is 11.6 Å². The standard InChI is InChI=1S/C12H12ClN3O/c1-7-3-9(6-10(13)4-7)12-14-11(15-16-12)5-8(2)17/h3-4,6H,5H2,1-2H3,(H,14,15,16). The Labute approximate surface area is 104 Å². The lowest BCUT2D eigenvalue weighted by Crippen LogP contribution is -1.98. The molecule has 0 unspecified atom stereocenters. The van der Waals surface area contributed by atoms with Crippen LogP contribution in [-0.4, -0.2) is 21.0 Å². The number of carbonyl (C=O) groups excluding carboxylic acids is 1. The lowest BCUT2D eigenvalue weighted by molar-refractivity contribution is -0.116. The number of aryl methyl sites for hydroxylation is 1. The fourth-order valence-electron chi connectivity index (χ4n) is 1.60. The molecule has 0 saturated heterocycles. The summed E-state index contributed by atoms with van der Waals surface area (Å²) in [4.78, 5) is 15.2. The van der Waals surface area contributed by atoms with Crippen molar-refractivity contribution in [2.75, 3.05) is 0 Å². The van der Waals surface area contributed by atoms with Crippen LogP contribution in [0.5, 0.6) is 0 Å². The zero-order valence-corrected chi connectivity index (χ0v) is 10.4. The number of aromatic nitrogens is 3. The first kappa shape index (κ1) is 11.8. The monoisotopic (exact) mass is 249 g/mol. The van der Waals surface area contributed by atoms with Crippen molar-refractivity contribution in [3.05, 3.63) is 34.6 Å². The van der Waals surface area contributed by atoms with E-state index < -0.39 is 0 Å². The van der Waals surface area contributed by atoms with E-state index in [0.717, 1.165) is 11.1 Å². The van der Waals surface area contributed by atoms with E-state index in [9.17, 15) is 4.79 Å². The van der Waals surface area contributed by atoms with Gasteiger partial charge in [0.25, 0.3) is 0 Å². The van der Waals surface area contributed by atoms with Crippen LogP contribution in [0.3, 0.4) is 0 Å². The molecule has 0 saturated carbocycles. The molecule has 0 radical (unpaired) electrons. The van der Waals surface area contributed by atoms with E-state index in [-0.39, 0.29) is 12.2 Å². The molecule has 1 aromatic heterocycles. The highest BCUT2D eigenvalue weighted by molar-refractivity contribution is 6.30. The molecule has 0 amide bonds. The van der Waals surface area contributed by atoms with Gasteiger partial charge in [-0.25, -0.2) is 4.98 Å². The van der Waals surface area contributed by atoms with Gasteiger partial charge in [-0.1, -0.05) is 11.6 Å². The van der Waals surface area contributed by atoms with E-state index in [1.54, 1.807) is 6.07 Å². The van der Waals surface area contributed by atoms with Crippen molar-refractivity contribution < 1.29 is 4.79 Å². The number of Topliss-reactive ketones (excluding diaryl/α,β-unsaturated/α-hetero) is 1. The predicted octanol–water partition coefficient (Wildman–Crippen LogP) is 2.57. The molecule has 0 spiro atoms. The van der Waals surface area contributed by atoms with Gasteiger partial charge >= 0.3 is 0 Å². The molecule has 2 rings (SSSR count). The lowest BCUT2D eigenvalue weighted by Gasteiger charge is -1.98. The first-order chi connectivity index (χ1) is 8.04. The van der Waals surface area contributed by atoms with Crippen LogP contribution >= 0.6 is 11.6 Å². The predicted molar refractivity (Wildman–Crippen MR) is 66.0 cm³/mol. The Balaban J connectivity index is 2.33. The second-order valence-corrected chi connectivity index (χ2v) is 4.44. The summed E-state index contributed by atoms with van der Waals surface area (Å²) in [7, 11) is 0. The van der Waals surface area contributed by atoms with Crippen LogP contribution in [-0.2, 0) is 11.2 Å². The minimum absolute atomic E-state index is 0.0509. The average Bonchev–Trinajstić information content (AvgIpc) is 2.63. The van der Waals surface area contributed by atoms with Gasteiger partial charge in [0.1, 0.15) is 11.6 Å². The minimum atomic E-state index is 0.0509. The van der Waals surface area contributed by atoms with Crippen LogP contribution in [0, 0.1) is 6.92 Å². The van der Waals surface area contributed by atoms with E-state index in [2.05, 4.69) is 15.2 Å². The lowest BCUT2D eigenvalue weighted by atomic mass is 10.1. The summed E-state index contributed by atoms with van der Waals surface area (Å²) in [5.41, 5.74) is 1.89. The molecule has 1 heterocycles. The summed E-state index contributed by atoms with van der Waals surface area (Å²) < 4.78 is 0. The number of nitrogens with one attached hydrogen (secondary N) is 1. The van der Waals surface area contributed by atoms with Gasteiger partial charge in [0, 0.05) is 10.6 Å². The molecule has 0 bridgehead atoms. The van der Waals surface area contributed by atoms with Gasteiger partial charge in [0.15, 0.2) is 5.82 Å². The third kappa shape index (κ3) is 2.91. The number of benzene rings is 1. The van der Waals surface area contributed by atoms with Gasteiger partial charge in [0.05, 0.1) is 6.42 Å². The van der Waals surface area contributed by atoms with Crippen LogP contribution in [0.2, 0.25) is 5.02 Å². The zero-order chi connectivity index (χ0) is 12.4. The van der Waals surface area contributed by atoms with Crippen LogP contribution < -0.4 is 0 Å². The normalized spacial score (nSPS) is 10.5. The first-order valence-corrected chi connectivity index (χ1v) is 5.60. The van der Waals surface area contributed by atoms with Crippen LogP contribution in [0.1, 0.15) is 18.3 Å². The van der Waals surface area contributed by atoms with Crippen LogP contribution in [0.15, 0.2) is 18.2 Å². The summed E-state index contributed by atoms with van der Waals surface area (Å²) in [6.45, 7) is 3.48. The average molecular weight is 250 g/mol. The minimum Gasteiger partial charge on any atom is -0.300 e. The Hall–Kier alpha value is -1.68. The molecule has 0 fully saturated rings. The Kier molecular flexibility index (Phi) is 3.24. The molecular weight excluding hydrogens is 238 g/mol. The summed E-state index contributed by atoms with van der Waals surface area (Å²) in [6.07, 6.45) is 0.270. The van der Waals surface area contributed by atoms with Gasteiger partial charge in [-0.15, -0.1) is 0 Å². The fraction of sp³-hybridized carbons (Fsp3) is 0.250. The number of nitrogens with zero attached hydrogens (tertiary/aromatic N) is 2. The summed E-state index contributed by atoms with van der Waals surface area (Å²) in [5, 5.41) is 7.48. The Morgan fingerprint density at radius 2 is 2.18 bits per heavy atom. The Morgan fingerprint density at radius 1 is 1.41 bits per heavy atom. The van der Waals surface area contributed by atoms with Crippen molar-refractivity contribution in [3.8, 4) is 11.4 Å². The largest absolute Gasteiger partial charge is 0.300 e. The van der Waals surface area contributed by atoms with E-state index in [0.29, 0.717) is 16.7 Å². The zero-order valence-electron chi connectivity index (χ0n) is 9.62. The summed E-state index contributed by atoms with van der Waals surface area (Å²) >= 11 is 5.97. The van der Waals surface area contributed by atoms with E-state index in [1.165, 1.54) is 6.92 Å². The molecule has 2 aromatic rings. The molecule has 0 aliphatic rings. The first-order valence-electron chi connectivity index (χ1n) is 5.23. The maximum atomic E-state index is 11.0. The van der Waals surface area contributed by atoms with Gasteiger partial charge in [-0.2, -0.15) is 5.10 Å². The number of ketones is 1. The molecule has 88 valence electrons. The number of halogens is 1. The maximum Gasteiger partial charge on any atom is 0.181 e. The summed E-state index contributed by atoms with van der Waals surface area (Å²) in [5.74, 6) is 1.19. The van der Waals surface area contributed by atoms with Crippen molar-refractivity contribution in [1.82, 2.24) is 15.2 Å².